The third-order valence-electron chi connectivity index (χ3n) is 3.35. The minimum absolute atomic E-state index is 0.116. The van der Waals surface area contributed by atoms with Gasteiger partial charge in [0.25, 0.3) is 0 Å². The summed E-state index contributed by atoms with van der Waals surface area (Å²) in [5.74, 6) is -1.27. The molecule has 102 valence electrons. The molecule has 1 aromatic rings. The van der Waals surface area contributed by atoms with E-state index in [0.717, 1.165) is 5.56 Å². The molecule has 1 aliphatic rings. The molecule has 0 radical (unpaired) electrons. The number of carbonyl (C=O) groups is 2. The lowest BCUT2D eigenvalue weighted by atomic mass is 10.1. The van der Waals surface area contributed by atoms with Crippen molar-refractivity contribution < 1.29 is 19.8 Å². The monoisotopic (exact) mass is 263 g/mol. The number of aliphatic hydroxyl groups is 1. The summed E-state index contributed by atoms with van der Waals surface area (Å²) in [6.45, 7) is 0.116. The number of amides is 1. The quantitative estimate of drug-likeness (QED) is 0.836. The van der Waals surface area contributed by atoms with Crippen molar-refractivity contribution in [3.8, 4) is 0 Å². The Labute approximate surface area is 111 Å². The molecular formula is C14H17NO4. The second-order valence-corrected chi connectivity index (χ2v) is 4.78. The van der Waals surface area contributed by atoms with Crippen molar-refractivity contribution in [3.05, 3.63) is 35.9 Å². The van der Waals surface area contributed by atoms with E-state index in [1.165, 1.54) is 4.90 Å². The fraction of sp³-hybridized carbons (Fsp3) is 0.429. The second kappa shape index (κ2) is 5.84. The van der Waals surface area contributed by atoms with Crippen molar-refractivity contribution in [3.63, 3.8) is 0 Å². The van der Waals surface area contributed by atoms with Crippen LogP contribution in [0, 0.1) is 0 Å². The zero-order chi connectivity index (χ0) is 13.8. The van der Waals surface area contributed by atoms with Crippen LogP contribution < -0.4 is 0 Å². The van der Waals surface area contributed by atoms with Gasteiger partial charge < -0.3 is 15.1 Å². The Morgan fingerprint density at radius 3 is 2.58 bits per heavy atom. The molecule has 0 aromatic heterocycles. The summed E-state index contributed by atoms with van der Waals surface area (Å²) in [4.78, 5) is 24.3. The first-order chi connectivity index (χ1) is 9.08. The predicted octanol–water partition coefficient (Wildman–Crippen LogP) is 0.666. The van der Waals surface area contributed by atoms with Gasteiger partial charge in [0, 0.05) is 19.4 Å². The number of hydrogen-bond donors (Lipinski definition) is 2. The Hall–Kier alpha value is -1.88. The number of nitrogens with zero attached hydrogens (tertiary/aromatic N) is 1. The smallest absolute Gasteiger partial charge is 0.326 e. The number of carboxylic acids is 1. The Morgan fingerprint density at radius 1 is 1.26 bits per heavy atom. The van der Waals surface area contributed by atoms with Crippen molar-refractivity contribution in [2.24, 2.45) is 0 Å². The highest BCUT2D eigenvalue weighted by molar-refractivity contribution is 5.84. The Morgan fingerprint density at radius 2 is 1.95 bits per heavy atom. The first-order valence-electron chi connectivity index (χ1n) is 6.32. The van der Waals surface area contributed by atoms with Crippen molar-refractivity contribution in [2.45, 2.75) is 31.4 Å². The molecule has 19 heavy (non-hydrogen) atoms. The number of rotatable bonds is 4. The standard InChI is InChI=1S/C14H17NO4/c16-11-8-12(14(18)19)15(9-11)13(17)7-6-10-4-2-1-3-5-10/h1-5,11-12,16H,6-9H2,(H,18,19)/t11-,12-/m0/s1. The van der Waals surface area contributed by atoms with E-state index in [0.29, 0.717) is 6.42 Å². The van der Waals surface area contributed by atoms with Gasteiger partial charge in [-0.15, -0.1) is 0 Å². The number of benzene rings is 1. The van der Waals surface area contributed by atoms with Crippen LogP contribution in [0.1, 0.15) is 18.4 Å². The molecule has 2 rings (SSSR count). The van der Waals surface area contributed by atoms with Gasteiger partial charge in [-0.1, -0.05) is 30.3 Å². The van der Waals surface area contributed by atoms with Gasteiger partial charge in [-0.05, 0) is 12.0 Å². The van der Waals surface area contributed by atoms with Gasteiger partial charge in [0.2, 0.25) is 5.91 Å². The van der Waals surface area contributed by atoms with Gasteiger partial charge >= 0.3 is 5.97 Å². The summed E-state index contributed by atoms with van der Waals surface area (Å²) in [6.07, 6.45) is 0.229. The minimum atomic E-state index is -1.05. The summed E-state index contributed by atoms with van der Waals surface area (Å²) in [7, 11) is 0. The van der Waals surface area contributed by atoms with E-state index >= 15 is 0 Å². The number of hydrogen-bond acceptors (Lipinski definition) is 3. The molecule has 0 aliphatic carbocycles. The van der Waals surface area contributed by atoms with Gasteiger partial charge in [-0.2, -0.15) is 0 Å². The maximum absolute atomic E-state index is 12.0. The lowest BCUT2D eigenvalue weighted by Crippen LogP contribution is -2.40. The first kappa shape index (κ1) is 13.5. The summed E-state index contributed by atoms with van der Waals surface area (Å²) in [5.41, 5.74) is 1.04. The Balaban J connectivity index is 1.94. The van der Waals surface area contributed by atoms with Gasteiger partial charge in [0.15, 0.2) is 0 Å². The van der Waals surface area contributed by atoms with E-state index in [9.17, 15) is 14.7 Å². The van der Waals surface area contributed by atoms with E-state index in [2.05, 4.69) is 0 Å². The molecule has 2 atom stereocenters. The van der Waals surface area contributed by atoms with Crippen molar-refractivity contribution in [1.82, 2.24) is 4.90 Å². The molecule has 1 heterocycles. The summed E-state index contributed by atoms with van der Waals surface area (Å²) < 4.78 is 0. The molecule has 0 unspecified atom stereocenters. The number of likely N-dealkylation sites (tertiary alicyclic amines) is 1. The normalized spacial score (nSPS) is 22.5. The van der Waals surface area contributed by atoms with Crippen molar-refractivity contribution >= 4 is 11.9 Å². The summed E-state index contributed by atoms with van der Waals surface area (Å²) >= 11 is 0. The largest absolute Gasteiger partial charge is 0.480 e. The van der Waals surface area contributed by atoms with Gasteiger partial charge in [-0.3, -0.25) is 4.79 Å². The molecule has 2 N–H and O–H groups in total. The molecule has 1 saturated heterocycles. The molecule has 0 spiro atoms. The lowest BCUT2D eigenvalue weighted by Gasteiger charge is -2.21. The van der Waals surface area contributed by atoms with Crippen LogP contribution in [-0.4, -0.2) is 45.7 Å². The van der Waals surface area contributed by atoms with Crippen LogP contribution in [0.25, 0.3) is 0 Å². The van der Waals surface area contributed by atoms with Crippen LogP contribution >= 0.6 is 0 Å². The van der Waals surface area contributed by atoms with E-state index in [-0.39, 0.29) is 25.3 Å². The van der Waals surface area contributed by atoms with E-state index in [4.69, 9.17) is 5.11 Å². The maximum atomic E-state index is 12.0. The summed E-state index contributed by atoms with van der Waals surface area (Å²) in [5, 5.41) is 18.5. The number of carbonyl (C=O) groups excluding carboxylic acids is 1. The van der Waals surface area contributed by atoms with Crippen LogP contribution in [0.3, 0.4) is 0 Å². The fourth-order valence-electron chi connectivity index (χ4n) is 2.36. The highest BCUT2D eigenvalue weighted by Crippen LogP contribution is 2.19. The number of aryl methyl sites for hydroxylation is 1. The molecule has 1 aromatic carbocycles. The van der Waals surface area contributed by atoms with Crippen molar-refractivity contribution in [2.75, 3.05) is 6.54 Å². The molecular weight excluding hydrogens is 246 g/mol. The zero-order valence-electron chi connectivity index (χ0n) is 10.5. The van der Waals surface area contributed by atoms with Crippen molar-refractivity contribution in [1.29, 1.82) is 0 Å². The number of carboxylic acid groups (broad SMARTS) is 1. The molecule has 0 saturated carbocycles. The fourth-order valence-corrected chi connectivity index (χ4v) is 2.36. The number of β-amino-alcohol motifs (C(OH)–C–C–N with tert-alkyl or cyclic N) is 1. The van der Waals surface area contributed by atoms with Crippen LogP contribution in [-0.2, 0) is 16.0 Å². The highest BCUT2D eigenvalue weighted by atomic mass is 16.4. The first-order valence-corrected chi connectivity index (χ1v) is 6.32. The molecule has 5 heteroatoms. The maximum Gasteiger partial charge on any atom is 0.326 e. The van der Waals surface area contributed by atoms with E-state index in [1.807, 2.05) is 30.3 Å². The predicted molar refractivity (Wildman–Crippen MR) is 68.5 cm³/mol. The highest BCUT2D eigenvalue weighted by Gasteiger charge is 2.38. The second-order valence-electron chi connectivity index (χ2n) is 4.78. The van der Waals surface area contributed by atoms with Gasteiger partial charge in [0.05, 0.1) is 6.10 Å². The van der Waals surface area contributed by atoms with E-state index in [1.54, 1.807) is 0 Å². The summed E-state index contributed by atoms with van der Waals surface area (Å²) in [6, 6.07) is 8.68. The van der Waals surface area contributed by atoms with Gasteiger partial charge in [-0.25, -0.2) is 4.79 Å². The number of aliphatic carboxylic acids is 1. The topological polar surface area (TPSA) is 77.8 Å². The van der Waals surface area contributed by atoms with Crippen LogP contribution in [0.2, 0.25) is 0 Å². The lowest BCUT2D eigenvalue weighted by molar-refractivity contribution is -0.148. The zero-order valence-corrected chi connectivity index (χ0v) is 10.5. The third-order valence-corrected chi connectivity index (χ3v) is 3.35. The molecule has 1 amide bonds. The molecule has 1 aliphatic heterocycles. The van der Waals surface area contributed by atoms with Gasteiger partial charge in [0.1, 0.15) is 6.04 Å². The average molecular weight is 263 g/mol. The SMILES string of the molecule is O=C(O)[C@@H]1C[C@H](O)CN1C(=O)CCc1ccccc1. The Kier molecular flexibility index (Phi) is 4.16. The molecule has 1 fully saturated rings. The minimum Gasteiger partial charge on any atom is -0.480 e. The van der Waals surface area contributed by atoms with Crippen LogP contribution in [0.5, 0.6) is 0 Å². The average Bonchev–Trinajstić information content (AvgIpc) is 2.79. The van der Waals surface area contributed by atoms with Crippen LogP contribution in [0.15, 0.2) is 30.3 Å². The Bertz CT molecular complexity index is 460. The molecule has 0 bridgehead atoms. The molecule has 5 nitrogen and oxygen atoms in total. The third kappa shape index (κ3) is 3.32. The number of aliphatic hydroxyl groups excluding tert-OH is 1. The van der Waals surface area contributed by atoms with Crippen LogP contribution in [0.4, 0.5) is 0 Å². The van der Waals surface area contributed by atoms with E-state index < -0.39 is 18.1 Å².